The van der Waals surface area contributed by atoms with Crippen molar-refractivity contribution in [3.8, 4) is 0 Å². The van der Waals surface area contributed by atoms with Crippen LogP contribution in [0.3, 0.4) is 0 Å². The Morgan fingerprint density at radius 2 is 1.92 bits per heavy atom. The summed E-state index contributed by atoms with van der Waals surface area (Å²) in [5.41, 5.74) is 8.33. The van der Waals surface area contributed by atoms with Crippen LogP contribution >= 0.6 is 0 Å². The predicted molar refractivity (Wildman–Crippen MR) is 42.0 cm³/mol. The van der Waals surface area contributed by atoms with Gasteiger partial charge in [-0.3, -0.25) is 0 Å². The lowest BCUT2D eigenvalue weighted by Crippen LogP contribution is -2.12. The van der Waals surface area contributed by atoms with Crippen molar-refractivity contribution in [2.45, 2.75) is 4.90 Å². The van der Waals surface area contributed by atoms with E-state index in [1.165, 1.54) is 18.2 Å². The Hall–Kier alpha value is -1.27. The van der Waals surface area contributed by atoms with Gasteiger partial charge in [0.05, 0.1) is 0 Å². The molecule has 2 N–H and O–H groups in total. The van der Waals surface area contributed by atoms with E-state index in [-0.39, 0.29) is 10.6 Å². The Labute approximate surface area is 69.8 Å². The molecule has 0 aliphatic heterocycles. The van der Waals surface area contributed by atoms with Crippen LogP contribution in [-0.4, -0.2) is 8.42 Å². The van der Waals surface area contributed by atoms with E-state index in [2.05, 4.69) is 5.11 Å². The summed E-state index contributed by atoms with van der Waals surface area (Å²) in [6.07, 6.45) is 0. The quantitative estimate of drug-likeness (QED) is 0.665. The molecule has 0 saturated heterocycles. The third-order valence-electron chi connectivity index (χ3n) is 1.28. The predicted octanol–water partition coefficient (Wildman–Crippen LogP) is 0.218. The average molecular weight is 184 g/mol. The highest BCUT2D eigenvalue weighted by Gasteiger charge is 2.11. The number of nitrogens with two attached hydrogens (primary N) is 1. The molecule has 1 aromatic carbocycles. The second kappa shape index (κ2) is 3.00. The molecule has 0 aliphatic rings. The number of hydrogen-bond donors (Lipinski definition) is 1. The third-order valence-corrected chi connectivity index (χ3v) is 2.24. The number of rotatable bonds is 2. The van der Waals surface area contributed by atoms with Gasteiger partial charge < -0.3 is 0 Å². The van der Waals surface area contributed by atoms with Crippen molar-refractivity contribution in [1.29, 1.82) is 0 Å². The zero-order valence-electron chi connectivity index (χ0n) is 6.01. The molecule has 1 aromatic rings. The van der Waals surface area contributed by atoms with E-state index in [1.807, 2.05) is 0 Å². The zero-order chi connectivity index (χ0) is 9.19. The van der Waals surface area contributed by atoms with Gasteiger partial charge >= 0.3 is 0 Å². The summed E-state index contributed by atoms with van der Waals surface area (Å²) in [6.45, 7) is 0. The van der Waals surface area contributed by atoms with Crippen molar-refractivity contribution >= 4 is 15.7 Å². The molecule has 0 bridgehead atoms. The Morgan fingerprint density at radius 1 is 1.33 bits per heavy atom. The molecule has 63 valence electrons. The molecular weight excluding hydrogens is 178 g/mol. The normalized spacial score (nSPS) is 11.1. The second-order valence-electron chi connectivity index (χ2n) is 2.11. The summed E-state index contributed by atoms with van der Waals surface area (Å²) >= 11 is 0. The Balaban J connectivity index is 3.43. The number of sulfonamides is 1. The van der Waals surface area contributed by atoms with Crippen LogP contribution in [0.2, 0.25) is 0 Å². The lowest BCUT2D eigenvalue weighted by atomic mass is 10.3. The molecule has 0 unspecified atom stereocenters. The van der Waals surface area contributed by atoms with Gasteiger partial charge in [0.1, 0.15) is 10.6 Å². The van der Waals surface area contributed by atoms with Crippen LogP contribution in [-0.2, 0) is 10.0 Å². The van der Waals surface area contributed by atoms with E-state index in [4.69, 9.17) is 10.7 Å². The minimum atomic E-state index is -3.80. The molecule has 0 aromatic heterocycles. The fraction of sp³-hybridized carbons (Fsp3) is 0. The van der Waals surface area contributed by atoms with Gasteiger partial charge in [-0.15, -0.1) is 5.11 Å². The minimum absolute atomic E-state index is 0.0556. The highest BCUT2D eigenvalue weighted by atomic mass is 32.2. The van der Waals surface area contributed by atoms with Gasteiger partial charge in [-0.2, -0.15) is 0 Å². The molecule has 0 atom stereocenters. The van der Waals surface area contributed by atoms with Gasteiger partial charge in [0.2, 0.25) is 10.0 Å². The maximum absolute atomic E-state index is 10.8. The fourth-order valence-electron chi connectivity index (χ4n) is 0.780. The lowest BCUT2D eigenvalue weighted by molar-refractivity contribution is 0.598. The van der Waals surface area contributed by atoms with Gasteiger partial charge in [0.15, 0.2) is 0 Å². The van der Waals surface area contributed by atoms with Crippen LogP contribution in [0.15, 0.2) is 34.3 Å². The summed E-state index contributed by atoms with van der Waals surface area (Å²) in [5, 5.41) is 7.61. The second-order valence-corrected chi connectivity index (χ2v) is 3.64. The number of nitrogens with zero attached hydrogens (tertiary/aromatic N) is 2. The molecule has 5 nitrogen and oxygen atoms in total. The Morgan fingerprint density at radius 3 is 2.33 bits per heavy atom. The maximum Gasteiger partial charge on any atom is 0.240 e. The summed E-state index contributed by atoms with van der Waals surface area (Å²) in [5.74, 6) is 0. The van der Waals surface area contributed by atoms with Gasteiger partial charge in [-0.25, -0.2) is 13.6 Å². The van der Waals surface area contributed by atoms with Crippen LogP contribution in [0.5, 0.6) is 0 Å². The first kappa shape index (κ1) is 8.82. The van der Waals surface area contributed by atoms with E-state index < -0.39 is 10.0 Å². The maximum atomic E-state index is 10.8. The lowest BCUT2D eigenvalue weighted by Gasteiger charge is -1.98. The number of primary sulfonamides is 1. The Bertz CT molecular complexity index is 399. The van der Waals surface area contributed by atoms with Crippen LogP contribution in [0.1, 0.15) is 0 Å². The monoisotopic (exact) mass is 184 g/mol. The molecular formula is C6H6N3O2S. The average Bonchev–Trinajstić information content (AvgIpc) is 2.03. The zero-order valence-corrected chi connectivity index (χ0v) is 6.82. The van der Waals surface area contributed by atoms with E-state index in [9.17, 15) is 8.42 Å². The molecule has 0 amide bonds. The third kappa shape index (κ3) is 1.66. The minimum Gasteiger partial charge on any atom is -0.225 e. The first-order valence-electron chi connectivity index (χ1n) is 3.02. The van der Waals surface area contributed by atoms with Gasteiger partial charge in [0.25, 0.3) is 0 Å². The molecule has 1 rings (SSSR count). The van der Waals surface area contributed by atoms with Crippen molar-refractivity contribution in [3.05, 3.63) is 24.3 Å². The molecule has 0 aliphatic carbocycles. The van der Waals surface area contributed by atoms with Crippen LogP contribution in [0.25, 0.3) is 0 Å². The highest BCUT2D eigenvalue weighted by Crippen LogP contribution is 2.20. The largest absolute Gasteiger partial charge is 0.240 e. The molecule has 0 saturated carbocycles. The molecule has 6 heteroatoms. The SMILES string of the molecule is [N]=Nc1ccccc1S(N)(=O)=O. The van der Waals surface area contributed by atoms with E-state index >= 15 is 0 Å². The summed E-state index contributed by atoms with van der Waals surface area (Å²) in [6, 6.07) is 5.66. The van der Waals surface area contributed by atoms with E-state index in [1.54, 1.807) is 6.07 Å². The summed E-state index contributed by atoms with van der Waals surface area (Å²) in [4.78, 5) is -0.187. The number of benzene rings is 1. The highest BCUT2D eigenvalue weighted by molar-refractivity contribution is 7.89. The van der Waals surface area contributed by atoms with Crippen molar-refractivity contribution in [3.63, 3.8) is 0 Å². The molecule has 0 heterocycles. The molecule has 0 spiro atoms. The van der Waals surface area contributed by atoms with Gasteiger partial charge in [-0.1, -0.05) is 12.1 Å². The topological polar surface area (TPSA) is 94.8 Å². The van der Waals surface area contributed by atoms with Crippen LogP contribution < -0.4 is 10.7 Å². The van der Waals surface area contributed by atoms with Crippen molar-refractivity contribution < 1.29 is 8.42 Å². The molecule has 12 heavy (non-hydrogen) atoms. The summed E-state index contributed by atoms with van der Waals surface area (Å²) < 4.78 is 21.6. The standard InChI is InChI=1S/C6H6N3O2S/c7-9-5-3-1-2-4-6(5)12(8,10)11/h1-4H,(H2,8,10,11). The van der Waals surface area contributed by atoms with Gasteiger partial charge in [0, 0.05) is 0 Å². The smallest absolute Gasteiger partial charge is 0.225 e. The molecule has 1 radical (unpaired) electrons. The first-order chi connectivity index (χ1) is 5.55. The number of hydrogen-bond acceptors (Lipinski definition) is 3. The van der Waals surface area contributed by atoms with Crippen LogP contribution in [0.4, 0.5) is 5.69 Å². The van der Waals surface area contributed by atoms with Crippen LogP contribution in [0, 0.1) is 0 Å². The van der Waals surface area contributed by atoms with Crippen molar-refractivity contribution in [2.24, 2.45) is 10.3 Å². The first-order valence-corrected chi connectivity index (χ1v) is 4.57. The van der Waals surface area contributed by atoms with Gasteiger partial charge in [-0.05, 0) is 17.7 Å². The summed E-state index contributed by atoms with van der Waals surface area (Å²) in [7, 11) is -3.80. The molecule has 0 fully saturated rings. The van der Waals surface area contributed by atoms with E-state index in [0.29, 0.717) is 0 Å². The van der Waals surface area contributed by atoms with E-state index in [0.717, 1.165) is 0 Å². The fourth-order valence-corrected chi connectivity index (χ4v) is 1.45. The van der Waals surface area contributed by atoms with Crippen molar-refractivity contribution in [2.75, 3.05) is 0 Å². The Kier molecular flexibility index (Phi) is 2.20. The van der Waals surface area contributed by atoms with Crippen molar-refractivity contribution in [1.82, 2.24) is 5.53 Å².